The van der Waals surface area contributed by atoms with Crippen molar-refractivity contribution in [1.82, 2.24) is 5.32 Å². The molecule has 78 valence electrons. The van der Waals surface area contributed by atoms with E-state index < -0.39 is 0 Å². The molecule has 0 spiro atoms. The van der Waals surface area contributed by atoms with Crippen molar-refractivity contribution in [2.24, 2.45) is 0 Å². The first kappa shape index (κ1) is 10.5. The summed E-state index contributed by atoms with van der Waals surface area (Å²) in [6.07, 6.45) is 0. The molecule has 0 aromatic heterocycles. The van der Waals surface area contributed by atoms with Crippen LogP contribution in [0.4, 0.5) is 0 Å². The summed E-state index contributed by atoms with van der Waals surface area (Å²) in [7, 11) is 1.86. The summed E-state index contributed by atoms with van der Waals surface area (Å²) in [5.74, 6) is 0. The van der Waals surface area contributed by atoms with E-state index in [4.69, 9.17) is 11.6 Å². The predicted molar refractivity (Wildman–Crippen MR) is 66.3 cm³/mol. The highest BCUT2D eigenvalue weighted by Gasteiger charge is 2.04. The maximum absolute atomic E-state index is 6.11. The van der Waals surface area contributed by atoms with Crippen molar-refractivity contribution in [2.75, 3.05) is 7.05 Å². The molecule has 0 fully saturated rings. The third-order valence-electron chi connectivity index (χ3n) is 2.57. The van der Waals surface area contributed by atoms with E-state index in [-0.39, 0.29) is 5.50 Å². The number of hydrogen-bond donors (Lipinski definition) is 1. The quantitative estimate of drug-likeness (QED) is 0.601. The lowest BCUT2D eigenvalue weighted by molar-refractivity contribution is 0.785. The molecule has 0 aliphatic carbocycles. The number of aryl methyl sites for hydroxylation is 1. The molecule has 0 saturated carbocycles. The summed E-state index contributed by atoms with van der Waals surface area (Å²) >= 11 is 6.11. The normalized spacial score (nSPS) is 13.0. The summed E-state index contributed by atoms with van der Waals surface area (Å²) in [6, 6.07) is 12.7. The van der Waals surface area contributed by atoms with Crippen LogP contribution in [-0.4, -0.2) is 7.05 Å². The Hall–Kier alpha value is -1.05. The zero-order valence-corrected chi connectivity index (χ0v) is 9.68. The van der Waals surface area contributed by atoms with Crippen molar-refractivity contribution in [3.8, 4) is 0 Å². The second kappa shape index (κ2) is 4.21. The van der Waals surface area contributed by atoms with Gasteiger partial charge in [0.15, 0.2) is 0 Å². The molecule has 0 aliphatic rings. The van der Waals surface area contributed by atoms with E-state index in [9.17, 15) is 0 Å². The lowest BCUT2D eigenvalue weighted by atomic mass is 10.0. The van der Waals surface area contributed by atoms with Crippen molar-refractivity contribution < 1.29 is 0 Å². The molecule has 0 saturated heterocycles. The second-order valence-corrected chi connectivity index (χ2v) is 4.20. The Bertz CT molecular complexity index is 479. The maximum atomic E-state index is 6.11. The highest BCUT2D eigenvalue weighted by molar-refractivity contribution is 6.20. The van der Waals surface area contributed by atoms with Crippen LogP contribution in [0.1, 0.15) is 16.6 Å². The van der Waals surface area contributed by atoms with Crippen molar-refractivity contribution in [3.63, 3.8) is 0 Å². The molecule has 0 aliphatic heterocycles. The van der Waals surface area contributed by atoms with Gasteiger partial charge in [0, 0.05) is 0 Å². The molecule has 2 aromatic rings. The molecular weight excluding hydrogens is 206 g/mol. The number of rotatable bonds is 2. The van der Waals surface area contributed by atoms with Crippen LogP contribution < -0.4 is 5.32 Å². The fraction of sp³-hybridized carbons (Fsp3) is 0.231. The Balaban J connectivity index is 2.52. The Morgan fingerprint density at radius 1 is 1.07 bits per heavy atom. The van der Waals surface area contributed by atoms with E-state index in [2.05, 4.69) is 48.6 Å². The van der Waals surface area contributed by atoms with Crippen molar-refractivity contribution in [3.05, 3.63) is 47.5 Å². The van der Waals surface area contributed by atoms with Gasteiger partial charge in [-0.25, -0.2) is 0 Å². The Labute approximate surface area is 95.1 Å². The van der Waals surface area contributed by atoms with Crippen LogP contribution in [0.5, 0.6) is 0 Å². The maximum Gasteiger partial charge on any atom is 0.108 e. The second-order valence-electron chi connectivity index (χ2n) is 3.76. The topological polar surface area (TPSA) is 12.0 Å². The molecular formula is C13H14ClN. The highest BCUT2D eigenvalue weighted by Crippen LogP contribution is 2.23. The van der Waals surface area contributed by atoms with E-state index in [1.165, 1.54) is 16.3 Å². The average molecular weight is 220 g/mol. The van der Waals surface area contributed by atoms with Gasteiger partial charge < -0.3 is 5.32 Å². The van der Waals surface area contributed by atoms with Crippen LogP contribution in [0.15, 0.2) is 36.4 Å². The minimum atomic E-state index is -0.115. The summed E-state index contributed by atoms with van der Waals surface area (Å²) in [5.41, 5.74) is 2.28. The van der Waals surface area contributed by atoms with E-state index in [1.807, 2.05) is 7.05 Å². The molecule has 1 atom stereocenters. The highest BCUT2D eigenvalue weighted by atomic mass is 35.5. The van der Waals surface area contributed by atoms with Crippen LogP contribution >= 0.6 is 11.6 Å². The van der Waals surface area contributed by atoms with E-state index in [1.54, 1.807) is 0 Å². The van der Waals surface area contributed by atoms with Gasteiger partial charge in [-0.1, -0.05) is 35.9 Å². The van der Waals surface area contributed by atoms with Gasteiger partial charge >= 0.3 is 0 Å². The number of alkyl halides is 1. The Morgan fingerprint density at radius 3 is 2.47 bits per heavy atom. The molecule has 0 heterocycles. The monoisotopic (exact) mass is 219 g/mol. The number of fused-ring (bicyclic) bond motifs is 1. The fourth-order valence-corrected chi connectivity index (χ4v) is 1.84. The van der Waals surface area contributed by atoms with Gasteiger partial charge in [-0.2, -0.15) is 0 Å². The van der Waals surface area contributed by atoms with Gasteiger partial charge in [-0.15, -0.1) is 11.6 Å². The smallest absolute Gasteiger partial charge is 0.108 e. The van der Waals surface area contributed by atoms with E-state index >= 15 is 0 Å². The molecule has 1 N–H and O–H groups in total. The first-order valence-electron chi connectivity index (χ1n) is 5.02. The SMILES string of the molecule is CNC(Cl)c1ccc2cc(C)ccc2c1. The molecule has 0 bridgehead atoms. The number of benzene rings is 2. The van der Waals surface area contributed by atoms with Crippen LogP contribution in [0.25, 0.3) is 10.8 Å². The minimum Gasteiger partial charge on any atom is -0.301 e. The number of halogens is 1. The lowest BCUT2D eigenvalue weighted by Gasteiger charge is -2.09. The third-order valence-corrected chi connectivity index (χ3v) is 3.04. The molecule has 2 aromatic carbocycles. The van der Waals surface area contributed by atoms with Crippen molar-refractivity contribution in [1.29, 1.82) is 0 Å². The molecule has 0 amide bonds. The van der Waals surface area contributed by atoms with Gasteiger partial charge in [0.25, 0.3) is 0 Å². The first-order valence-corrected chi connectivity index (χ1v) is 5.46. The van der Waals surface area contributed by atoms with Crippen molar-refractivity contribution >= 4 is 22.4 Å². The molecule has 1 unspecified atom stereocenters. The molecule has 1 nitrogen and oxygen atoms in total. The Kier molecular flexibility index (Phi) is 2.94. The fourth-order valence-electron chi connectivity index (χ4n) is 1.71. The first-order chi connectivity index (χ1) is 7.20. The van der Waals surface area contributed by atoms with Gasteiger partial charge in [0.2, 0.25) is 0 Å². The van der Waals surface area contributed by atoms with Gasteiger partial charge in [-0.3, -0.25) is 0 Å². The van der Waals surface area contributed by atoms with E-state index in [0.29, 0.717) is 0 Å². The predicted octanol–water partition coefficient (Wildman–Crippen LogP) is 3.61. The van der Waals surface area contributed by atoms with E-state index in [0.717, 1.165) is 5.56 Å². The summed E-state index contributed by atoms with van der Waals surface area (Å²) in [6.45, 7) is 2.10. The largest absolute Gasteiger partial charge is 0.301 e. The zero-order chi connectivity index (χ0) is 10.8. The van der Waals surface area contributed by atoms with Crippen LogP contribution in [0.3, 0.4) is 0 Å². The number of hydrogen-bond acceptors (Lipinski definition) is 1. The van der Waals surface area contributed by atoms with Crippen LogP contribution in [0.2, 0.25) is 0 Å². The van der Waals surface area contributed by atoms with Crippen LogP contribution in [0, 0.1) is 6.92 Å². The minimum absolute atomic E-state index is 0.115. The molecule has 15 heavy (non-hydrogen) atoms. The molecule has 2 rings (SSSR count). The molecule has 2 heteroatoms. The standard InChI is InChI=1S/C13H14ClN/c1-9-3-4-11-8-12(13(14)15-2)6-5-10(11)7-9/h3-8,13,15H,1-2H3. The average Bonchev–Trinajstić information content (AvgIpc) is 2.27. The lowest BCUT2D eigenvalue weighted by Crippen LogP contribution is -2.09. The van der Waals surface area contributed by atoms with Gasteiger partial charge in [0.05, 0.1) is 0 Å². The summed E-state index contributed by atoms with van der Waals surface area (Å²) in [5, 5.41) is 5.52. The summed E-state index contributed by atoms with van der Waals surface area (Å²) in [4.78, 5) is 0. The Morgan fingerprint density at radius 2 is 1.73 bits per heavy atom. The van der Waals surface area contributed by atoms with Crippen molar-refractivity contribution in [2.45, 2.75) is 12.4 Å². The van der Waals surface area contributed by atoms with Gasteiger partial charge in [0.1, 0.15) is 5.50 Å². The summed E-state index contributed by atoms with van der Waals surface area (Å²) < 4.78 is 0. The molecule has 0 radical (unpaired) electrons. The third kappa shape index (κ3) is 2.14. The zero-order valence-electron chi connectivity index (χ0n) is 8.92. The number of nitrogens with one attached hydrogen (secondary N) is 1. The van der Waals surface area contributed by atoms with Gasteiger partial charge in [-0.05, 0) is 36.4 Å². The van der Waals surface area contributed by atoms with Crippen LogP contribution in [-0.2, 0) is 0 Å².